The Balaban J connectivity index is 1.41. The predicted molar refractivity (Wildman–Crippen MR) is 93.8 cm³/mol. The van der Waals surface area contributed by atoms with Gasteiger partial charge in [-0.3, -0.25) is 4.90 Å². The molecule has 2 amide bonds. The monoisotopic (exact) mass is 348 g/mol. The normalized spacial score (nSPS) is 15.8. The first kappa shape index (κ1) is 16.9. The maximum atomic E-state index is 12.0. The number of aromatic nitrogens is 3. The van der Waals surface area contributed by atoms with Gasteiger partial charge in [0.05, 0.1) is 6.54 Å². The number of hydrogen-bond acceptors (Lipinski definition) is 5. The number of amides is 2. The molecule has 0 aromatic carbocycles. The molecule has 0 spiro atoms. The van der Waals surface area contributed by atoms with Crippen molar-refractivity contribution in [2.24, 2.45) is 0 Å². The number of aryl methyl sites for hydroxylation is 1. The number of carbonyl (C=O) groups is 1. The molecular weight excluding hydrogens is 324 g/mol. The molecule has 1 unspecified atom stereocenters. The fourth-order valence-electron chi connectivity index (χ4n) is 2.92. The van der Waals surface area contributed by atoms with Crippen LogP contribution in [-0.2, 0) is 26.1 Å². The van der Waals surface area contributed by atoms with Gasteiger partial charge in [0, 0.05) is 37.1 Å². The van der Waals surface area contributed by atoms with E-state index in [9.17, 15) is 4.79 Å². The fourth-order valence-corrected chi connectivity index (χ4v) is 3.81. The van der Waals surface area contributed by atoms with Crippen LogP contribution in [0.25, 0.3) is 0 Å². The lowest BCUT2D eigenvalue weighted by atomic mass is 10.1. The molecule has 3 rings (SSSR count). The minimum Gasteiger partial charge on any atom is -0.337 e. The summed E-state index contributed by atoms with van der Waals surface area (Å²) in [5, 5.41) is 15.8. The van der Waals surface area contributed by atoms with Gasteiger partial charge in [0.15, 0.2) is 5.82 Å². The molecular formula is C16H24N6OS. The summed E-state index contributed by atoms with van der Waals surface area (Å²) in [7, 11) is 0. The van der Waals surface area contributed by atoms with E-state index in [1.54, 1.807) is 6.33 Å². The molecule has 1 atom stereocenters. The molecule has 130 valence electrons. The third kappa shape index (κ3) is 3.93. The molecule has 0 saturated heterocycles. The average Bonchev–Trinajstić information content (AvgIpc) is 3.25. The molecule has 2 N–H and O–H groups in total. The van der Waals surface area contributed by atoms with Crippen molar-refractivity contribution in [3.63, 3.8) is 0 Å². The zero-order valence-electron chi connectivity index (χ0n) is 14.2. The van der Waals surface area contributed by atoms with Gasteiger partial charge in [0.2, 0.25) is 0 Å². The van der Waals surface area contributed by atoms with Crippen LogP contribution in [0.15, 0.2) is 17.8 Å². The van der Waals surface area contributed by atoms with Crippen LogP contribution in [0.4, 0.5) is 4.79 Å². The summed E-state index contributed by atoms with van der Waals surface area (Å²) >= 11 is 1.85. The molecule has 2 aromatic heterocycles. The Kier molecular flexibility index (Phi) is 5.47. The molecule has 0 aliphatic carbocycles. The standard InChI is InChI=1S/C16H24N6OS/c1-3-21-11-19-20-15(21)9-18-16(23)17-8-12(2)22-6-4-14-13(10-22)5-7-24-14/h5,7,11-12H,3-4,6,8-10H2,1-2H3,(H2,17,18,23). The fraction of sp³-hybridized carbons (Fsp3) is 0.562. The molecule has 1 aliphatic heterocycles. The number of thiophene rings is 1. The Morgan fingerprint density at radius 3 is 3.17 bits per heavy atom. The summed E-state index contributed by atoms with van der Waals surface area (Å²) in [6.45, 7) is 8.02. The van der Waals surface area contributed by atoms with Gasteiger partial charge in [0.1, 0.15) is 6.33 Å². The second-order valence-electron chi connectivity index (χ2n) is 6.04. The van der Waals surface area contributed by atoms with Crippen LogP contribution in [0.2, 0.25) is 0 Å². The Morgan fingerprint density at radius 2 is 2.33 bits per heavy atom. The highest BCUT2D eigenvalue weighted by molar-refractivity contribution is 7.10. The first-order valence-electron chi connectivity index (χ1n) is 8.35. The largest absolute Gasteiger partial charge is 0.337 e. The lowest BCUT2D eigenvalue weighted by molar-refractivity contribution is 0.186. The van der Waals surface area contributed by atoms with E-state index in [0.29, 0.717) is 19.1 Å². The Hall–Kier alpha value is -1.93. The van der Waals surface area contributed by atoms with Gasteiger partial charge in [-0.1, -0.05) is 0 Å². The van der Waals surface area contributed by atoms with Crippen LogP contribution in [0, 0.1) is 0 Å². The molecule has 0 bridgehead atoms. The molecule has 0 fully saturated rings. The summed E-state index contributed by atoms with van der Waals surface area (Å²) < 4.78 is 1.91. The van der Waals surface area contributed by atoms with E-state index >= 15 is 0 Å². The number of urea groups is 1. The Labute approximate surface area is 146 Å². The lowest BCUT2D eigenvalue weighted by Crippen LogP contribution is -2.46. The van der Waals surface area contributed by atoms with Crippen molar-refractivity contribution in [1.82, 2.24) is 30.3 Å². The van der Waals surface area contributed by atoms with E-state index in [1.807, 2.05) is 22.8 Å². The van der Waals surface area contributed by atoms with Crippen molar-refractivity contribution in [1.29, 1.82) is 0 Å². The van der Waals surface area contributed by atoms with Crippen molar-refractivity contribution in [2.75, 3.05) is 13.1 Å². The van der Waals surface area contributed by atoms with E-state index < -0.39 is 0 Å². The minimum atomic E-state index is -0.166. The first-order valence-corrected chi connectivity index (χ1v) is 9.23. The average molecular weight is 348 g/mol. The predicted octanol–water partition coefficient (Wildman–Crippen LogP) is 1.61. The molecule has 8 heteroatoms. The molecule has 1 aliphatic rings. The second-order valence-corrected chi connectivity index (χ2v) is 7.04. The first-order chi connectivity index (χ1) is 11.7. The lowest BCUT2D eigenvalue weighted by Gasteiger charge is -2.32. The summed E-state index contributed by atoms with van der Waals surface area (Å²) in [4.78, 5) is 15.9. The maximum absolute atomic E-state index is 12.0. The van der Waals surface area contributed by atoms with Gasteiger partial charge in [0.25, 0.3) is 0 Å². The number of hydrogen-bond donors (Lipinski definition) is 2. The molecule has 0 saturated carbocycles. The van der Waals surface area contributed by atoms with Crippen molar-refractivity contribution in [2.45, 2.75) is 45.9 Å². The smallest absolute Gasteiger partial charge is 0.315 e. The van der Waals surface area contributed by atoms with Crippen LogP contribution >= 0.6 is 11.3 Å². The van der Waals surface area contributed by atoms with Gasteiger partial charge < -0.3 is 15.2 Å². The van der Waals surface area contributed by atoms with Crippen molar-refractivity contribution in [3.8, 4) is 0 Å². The third-order valence-electron chi connectivity index (χ3n) is 4.46. The quantitative estimate of drug-likeness (QED) is 0.832. The zero-order chi connectivity index (χ0) is 16.9. The maximum Gasteiger partial charge on any atom is 0.315 e. The molecule has 3 heterocycles. The highest BCUT2D eigenvalue weighted by Gasteiger charge is 2.21. The van der Waals surface area contributed by atoms with E-state index in [1.165, 1.54) is 10.4 Å². The van der Waals surface area contributed by atoms with Crippen LogP contribution < -0.4 is 10.6 Å². The highest BCUT2D eigenvalue weighted by Crippen LogP contribution is 2.24. The van der Waals surface area contributed by atoms with Gasteiger partial charge in [-0.25, -0.2) is 4.79 Å². The van der Waals surface area contributed by atoms with Gasteiger partial charge in [-0.15, -0.1) is 21.5 Å². The summed E-state index contributed by atoms with van der Waals surface area (Å²) in [6.07, 6.45) is 2.78. The summed E-state index contributed by atoms with van der Waals surface area (Å²) in [5.41, 5.74) is 1.43. The second kappa shape index (κ2) is 7.76. The Morgan fingerprint density at radius 1 is 1.46 bits per heavy atom. The van der Waals surface area contributed by atoms with Crippen molar-refractivity contribution >= 4 is 17.4 Å². The van der Waals surface area contributed by atoms with Crippen LogP contribution in [0.5, 0.6) is 0 Å². The third-order valence-corrected chi connectivity index (χ3v) is 5.49. The summed E-state index contributed by atoms with van der Waals surface area (Å²) in [5.74, 6) is 0.765. The van der Waals surface area contributed by atoms with Crippen LogP contribution in [-0.4, -0.2) is 44.8 Å². The molecule has 2 aromatic rings. The Bertz CT molecular complexity index is 682. The molecule has 24 heavy (non-hydrogen) atoms. The van der Waals surface area contributed by atoms with Crippen LogP contribution in [0.1, 0.15) is 30.1 Å². The van der Waals surface area contributed by atoms with Gasteiger partial charge in [-0.2, -0.15) is 0 Å². The van der Waals surface area contributed by atoms with Crippen molar-refractivity contribution < 1.29 is 4.79 Å². The minimum absolute atomic E-state index is 0.166. The SMILES string of the molecule is CCn1cnnc1CNC(=O)NCC(C)N1CCc2sccc2C1. The van der Waals surface area contributed by atoms with Crippen LogP contribution in [0.3, 0.4) is 0 Å². The number of fused-ring (bicyclic) bond motifs is 1. The van der Waals surface area contributed by atoms with E-state index in [-0.39, 0.29) is 6.03 Å². The number of carbonyl (C=O) groups excluding carboxylic acids is 1. The molecule has 0 radical (unpaired) electrons. The van der Waals surface area contributed by atoms with Gasteiger partial charge >= 0.3 is 6.03 Å². The topological polar surface area (TPSA) is 75.1 Å². The zero-order valence-corrected chi connectivity index (χ0v) is 15.0. The van der Waals surface area contributed by atoms with Crippen molar-refractivity contribution in [3.05, 3.63) is 34.0 Å². The van der Waals surface area contributed by atoms with E-state index in [2.05, 4.69) is 44.1 Å². The van der Waals surface area contributed by atoms with E-state index in [4.69, 9.17) is 0 Å². The van der Waals surface area contributed by atoms with E-state index in [0.717, 1.165) is 31.9 Å². The summed E-state index contributed by atoms with van der Waals surface area (Å²) in [6, 6.07) is 2.35. The van der Waals surface area contributed by atoms with Gasteiger partial charge in [-0.05, 0) is 37.3 Å². The number of nitrogens with zero attached hydrogens (tertiary/aromatic N) is 4. The molecule has 7 nitrogen and oxygen atoms in total. The number of rotatable bonds is 6. The highest BCUT2D eigenvalue weighted by atomic mass is 32.1. The number of nitrogens with one attached hydrogen (secondary N) is 2.